The fourth-order valence-electron chi connectivity index (χ4n) is 3.26. The van der Waals surface area contributed by atoms with Crippen LogP contribution in [0.1, 0.15) is 33.4 Å². The van der Waals surface area contributed by atoms with Crippen LogP contribution in [0.5, 0.6) is 0 Å². The lowest BCUT2D eigenvalue weighted by Gasteiger charge is -2.21. The number of thiophene rings is 1. The van der Waals surface area contributed by atoms with Crippen molar-refractivity contribution in [2.45, 2.75) is 26.7 Å². The van der Waals surface area contributed by atoms with Gasteiger partial charge in [-0.1, -0.05) is 17.3 Å². The van der Waals surface area contributed by atoms with Crippen LogP contribution in [0, 0.1) is 6.92 Å². The summed E-state index contributed by atoms with van der Waals surface area (Å²) in [5.74, 6) is 0.674. The van der Waals surface area contributed by atoms with Gasteiger partial charge in [0.2, 0.25) is 0 Å². The molecule has 0 atom stereocenters. The van der Waals surface area contributed by atoms with Gasteiger partial charge >= 0.3 is 0 Å². The van der Waals surface area contributed by atoms with Crippen LogP contribution in [0.15, 0.2) is 40.2 Å². The Labute approximate surface area is 144 Å². The fraction of sp³-hybridized carbons (Fsp3) is 0.263. The van der Waals surface area contributed by atoms with Gasteiger partial charge in [0.25, 0.3) is 5.91 Å². The maximum atomic E-state index is 13.1. The van der Waals surface area contributed by atoms with E-state index in [0.29, 0.717) is 12.2 Å². The molecule has 0 N–H and O–H groups in total. The Morgan fingerprint density at radius 1 is 1.33 bits per heavy atom. The van der Waals surface area contributed by atoms with Crippen LogP contribution in [-0.2, 0) is 12.8 Å². The Kier molecular flexibility index (Phi) is 3.73. The zero-order chi connectivity index (χ0) is 16.7. The average Bonchev–Trinajstić information content (AvgIpc) is 3.21. The maximum absolute atomic E-state index is 13.1. The summed E-state index contributed by atoms with van der Waals surface area (Å²) in [6.07, 6.45) is 1.75. The second kappa shape index (κ2) is 5.91. The summed E-state index contributed by atoms with van der Waals surface area (Å²) in [5.41, 5.74) is 4.50. The molecule has 2 heterocycles. The Morgan fingerprint density at radius 2 is 2.21 bits per heavy atom. The van der Waals surface area contributed by atoms with Crippen molar-refractivity contribution in [2.24, 2.45) is 0 Å². The van der Waals surface area contributed by atoms with E-state index in [1.54, 1.807) is 16.2 Å². The molecule has 0 unspecified atom stereocenters. The number of hydrogen-bond acceptors (Lipinski definition) is 4. The predicted molar refractivity (Wildman–Crippen MR) is 95.8 cm³/mol. The summed E-state index contributed by atoms with van der Waals surface area (Å²) in [7, 11) is 0. The highest BCUT2D eigenvalue weighted by Gasteiger charge is 2.30. The third-order valence-corrected chi connectivity index (χ3v) is 5.44. The van der Waals surface area contributed by atoms with Crippen LogP contribution in [0.4, 0.5) is 5.69 Å². The van der Waals surface area contributed by atoms with Gasteiger partial charge in [-0.3, -0.25) is 4.79 Å². The molecule has 5 heteroatoms. The number of rotatable bonds is 3. The van der Waals surface area contributed by atoms with Gasteiger partial charge in [0.1, 0.15) is 0 Å². The first-order valence-corrected chi connectivity index (χ1v) is 9.00. The van der Waals surface area contributed by atoms with Gasteiger partial charge in [0.15, 0.2) is 11.5 Å². The molecule has 2 aromatic heterocycles. The number of anilines is 1. The lowest BCUT2D eigenvalue weighted by molar-refractivity contribution is 0.0979. The Morgan fingerprint density at radius 3 is 3.00 bits per heavy atom. The highest BCUT2D eigenvalue weighted by molar-refractivity contribution is 7.10. The van der Waals surface area contributed by atoms with Crippen LogP contribution in [0.25, 0.3) is 11.3 Å². The van der Waals surface area contributed by atoms with E-state index in [1.165, 1.54) is 4.88 Å². The minimum atomic E-state index is -0.0909. The molecule has 4 rings (SSSR count). The number of nitrogens with zero attached hydrogens (tertiary/aromatic N) is 2. The Hall–Kier alpha value is -2.40. The zero-order valence-corrected chi connectivity index (χ0v) is 14.5. The lowest BCUT2D eigenvalue weighted by atomic mass is 9.95. The van der Waals surface area contributed by atoms with E-state index in [-0.39, 0.29) is 5.91 Å². The highest BCUT2D eigenvalue weighted by atomic mass is 32.1. The van der Waals surface area contributed by atoms with E-state index < -0.39 is 0 Å². The average molecular weight is 338 g/mol. The van der Waals surface area contributed by atoms with Crippen molar-refractivity contribution in [1.82, 2.24) is 5.16 Å². The van der Waals surface area contributed by atoms with Crippen molar-refractivity contribution in [3.05, 3.63) is 57.4 Å². The van der Waals surface area contributed by atoms with Crippen molar-refractivity contribution in [2.75, 3.05) is 11.4 Å². The van der Waals surface area contributed by atoms with E-state index >= 15 is 0 Å². The number of fused-ring (bicyclic) bond motifs is 3. The molecule has 1 aliphatic rings. The van der Waals surface area contributed by atoms with E-state index in [1.807, 2.05) is 38.1 Å². The van der Waals surface area contributed by atoms with Gasteiger partial charge in [-0.25, -0.2) is 0 Å². The molecular weight excluding hydrogens is 320 g/mol. The molecule has 0 saturated carbocycles. The minimum Gasteiger partial charge on any atom is -0.355 e. The first-order valence-electron chi connectivity index (χ1n) is 8.13. The van der Waals surface area contributed by atoms with Gasteiger partial charge in [-0.05, 0) is 55.8 Å². The van der Waals surface area contributed by atoms with Gasteiger partial charge in [-0.2, -0.15) is 0 Å². The monoisotopic (exact) mass is 338 g/mol. The summed E-state index contributed by atoms with van der Waals surface area (Å²) in [5, 5.41) is 6.20. The highest BCUT2D eigenvalue weighted by Crippen LogP contribution is 2.38. The van der Waals surface area contributed by atoms with E-state index in [9.17, 15) is 4.79 Å². The molecule has 0 bridgehead atoms. The number of benzene rings is 1. The van der Waals surface area contributed by atoms with Gasteiger partial charge < -0.3 is 9.42 Å². The summed E-state index contributed by atoms with van der Waals surface area (Å²) >= 11 is 1.73. The molecule has 0 fully saturated rings. The Bertz CT molecular complexity index is 910. The van der Waals surface area contributed by atoms with Gasteiger partial charge in [-0.15, -0.1) is 11.3 Å². The van der Waals surface area contributed by atoms with Crippen LogP contribution in [0.3, 0.4) is 0 Å². The minimum absolute atomic E-state index is 0.0909. The second-order valence-corrected chi connectivity index (χ2v) is 6.99. The van der Waals surface area contributed by atoms with Crippen LogP contribution in [-0.4, -0.2) is 17.6 Å². The summed E-state index contributed by atoms with van der Waals surface area (Å²) < 4.78 is 5.56. The largest absolute Gasteiger partial charge is 0.355 e. The topological polar surface area (TPSA) is 46.3 Å². The van der Waals surface area contributed by atoms with Crippen molar-refractivity contribution in [1.29, 1.82) is 0 Å². The molecule has 24 heavy (non-hydrogen) atoms. The SMILES string of the molecule is CCN(C(=O)c1noc2c1CCc1sccc1-2)c1cccc(C)c1. The second-order valence-electron chi connectivity index (χ2n) is 5.98. The normalized spacial score (nSPS) is 12.6. The molecule has 0 radical (unpaired) electrons. The molecule has 122 valence electrons. The van der Waals surface area contributed by atoms with E-state index in [2.05, 4.69) is 16.6 Å². The summed E-state index contributed by atoms with van der Waals surface area (Å²) in [6, 6.07) is 10.0. The standard InChI is InChI=1S/C19H18N2O2S/c1-3-21(13-6-4-5-12(2)11-13)19(22)17-15-7-8-16-14(9-10-24-16)18(15)23-20-17/h4-6,9-11H,3,7-8H2,1-2H3. The maximum Gasteiger partial charge on any atom is 0.280 e. The van der Waals surface area contributed by atoms with Crippen LogP contribution >= 0.6 is 11.3 Å². The summed E-state index contributed by atoms with van der Waals surface area (Å²) in [6.45, 7) is 4.59. The number of amides is 1. The van der Waals surface area contributed by atoms with Crippen LogP contribution < -0.4 is 4.90 Å². The molecule has 1 aromatic carbocycles. The van der Waals surface area contributed by atoms with Crippen molar-refractivity contribution < 1.29 is 9.32 Å². The third kappa shape index (κ3) is 2.36. The van der Waals surface area contributed by atoms with Crippen molar-refractivity contribution >= 4 is 22.9 Å². The molecule has 4 nitrogen and oxygen atoms in total. The molecule has 3 aromatic rings. The van der Waals surface area contributed by atoms with Crippen molar-refractivity contribution in [3.8, 4) is 11.3 Å². The van der Waals surface area contributed by atoms with E-state index in [4.69, 9.17) is 4.52 Å². The zero-order valence-electron chi connectivity index (χ0n) is 13.7. The fourth-order valence-corrected chi connectivity index (χ4v) is 4.14. The lowest BCUT2D eigenvalue weighted by Crippen LogP contribution is -2.31. The number of carbonyl (C=O) groups is 1. The molecule has 1 aliphatic carbocycles. The quantitative estimate of drug-likeness (QED) is 0.707. The number of aromatic nitrogens is 1. The first-order chi connectivity index (χ1) is 11.7. The van der Waals surface area contributed by atoms with Gasteiger partial charge in [0, 0.05) is 28.2 Å². The molecule has 0 spiro atoms. The van der Waals surface area contributed by atoms with Crippen LogP contribution in [0.2, 0.25) is 0 Å². The summed E-state index contributed by atoms with van der Waals surface area (Å²) in [4.78, 5) is 16.1. The smallest absolute Gasteiger partial charge is 0.280 e. The van der Waals surface area contributed by atoms with Gasteiger partial charge in [0.05, 0.1) is 0 Å². The molecule has 0 saturated heterocycles. The molecular formula is C19H18N2O2S. The number of aryl methyl sites for hydroxylation is 2. The molecule has 0 aliphatic heterocycles. The van der Waals surface area contributed by atoms with E-state index in [0.717, 1.165) is 41.0 Å². The third-order valence-electron chi connectivity index (χ3n) is 4.46. The predicted octanol–water partition coefficient (Wildman–Crippen LogP) is 4.48. The Balaban J connectivity index is 1.73. The first kappa shape index (κ1) is 15.1. The molecule has 1 amide bonds. The number of hydrogen-bond donors (Lipinski definition) is 0. The van der Waals surface area contributed by atoms with Crippen molar-refractivity contribution in [3.63, 3.8) is 0 Å². The number of carbonyl (C=O) groups excluding carboxylic acids is 1.